The molecule has 0 aliphatic carbocycles. The van der Waals surface area contributed by atoms with Gasteiger partial charge in [0.25, 0.3) is 0 Å². The van der Waals surface area contributed by atoms with Crippen LogP contribution in [0.15, 0.2) is 6.20 Å². The van der Waals surface area contributed by atoms with Gasteiger partial charge in [-0.25, -0.2) is 9.97 Å². The summed E-state index contributed by atoms with van der Waals surface area (Å²) in [6.45, 7) is 1.79. The second kappa shape index (κ2) is 3.94. The number of aliphatic carboxylic acids is 1. The molecule has 0 spiro atoms. The van der Waals surface area contributed by atoms with Crippen molar-refractivity contribution in [3.63, 3.8) is 0 Å². The minimum absolute atomic E-state index is 0.100. The Morgan fingerprint density at radius 3 is 3.20 bits per heavy atom. The van der Waals surface area contributed by atoms with E-state index in [1.807, 2.05) is 7.05 Å². The van der Waals surface area contributed by atoms with Crippen LogP contribution in [-0.4, -0.2) is 39.5 Å². The van der Waals surface area contributed by atoms with E-state index in [-0.39, 0.29) is 6.42 Å². The zero-order valence-corrected chi connectivity index (χ0v) is 8.60. The molecule has 5 nitrogen and oxygen atoms in total. The summed E-state index contributed by atoms with van der Waals surface area (Å²) in [5.74, 6) is -0.490. The number of likely N-dealkylation sites (N-methyl/N-ethyl adjacent to an activating group) is 1. The molecule has 0 aromatic carbocycles. The fourth-order valence-electron chi connectivity index (χ4n) is 1.70. The third-order valence-corrected chi connectivity index (χ3v) is 2.50. The molecule has 5 heteroatoms. The molecule has 0 atom stereocenters. The molecule has 1 aromatic heterocycles. The smallest absolute Gasteiger partial charge is 0.311 e. The SMILES string of the molecule is CN1CCc2cnc(CC(=O)O)nc2C1. The lowest BCUT2D eigenvalue weighted by Crippen LogP contribution is -2.28. The van der Waals surface area contributed by atoms with E-state index in [1.54, 1.807) is 6.20 Å². The van der Waals surface area contributed by atoms with Gasteiger partial charge >= 0.3 is 5.97 Å². The van der Waals surface area contributed by atoms with E-state index in [4.69, 9.17) is 5.11 Å². The lowest BCUT2D eigenvalue weighted by Gasteiger charge is -2.23. The van der Waals surface area contributed by atoms with Crippen LogP contribution in [-0.2, 0) is 24.2 Å². The molecule has 0 unspecified atom stereocenters. The number of fused-ring (bicyclic) bond motifs is 1. The first-order valence-electron chi connectivity index (χ1n) is 4.89. The van der Waals surface area contributed by atoms with Gasteiger partial charge in [-0.3, -0.25) is 4.79 Å². The molecule has 2 rings (SSSR count). The topological polar surface area (TPSA) is 66.3 Å². The molecule has 0 saturated carbocycles. The number of hydrogen-bond donors (Lipinski definition) is 1. The van der Waals surface area contributed by atoms with Crippen LogP contribution in [0, 0.1) is 0 Å². The van der Waals surface area contributed by atoms with E-state index in [1.165, 1.54) is 0 Å². The van der Waals surface area contributed by atoms with E-state index < -0.39 is 5.97 Å². The summed E-state index contributed by atoms with van der Waals surface area (Å²) in [4.78, 5) is 21.0. The van der Waals surface area contributed by atoms with Crippen LogP contribution < -0.4 is 0 Å². The highest BCUT2D eigenvalue weighted by molar-refractivity contribution is 5.68. The zero-order chi connectivity index (χ0) is 10.8. The monoisotopic (exact) mass is 207 g/mol. The molecule has 1 N–H and O–H groups in total. The largest absolute Gasteiger partial charge is 0.481 e. The molecule has 80 valence electrons. The average molecular weight is 207 g/mol. The minimum atomic E-state index is -0.890. The van der Waals surface area contributed by atoms with Crippen LogP contribution in [0.2, 0.25) is 0 Å². The number of carboxylic acid groups (broad SMARTS) is 1. The molecule has 15 heavy (non-hydrogen) atoms. The van der Waals surface area contributed by atoms with Crippen LogP contribution in [0.1, 0.15) is 17.1 Å². The van der Waals surface area contributed by atoms with Crippen LogP contribution in [0.4, 0.5) is 0 Å². The Hall–Kier alpha value is -1.49. The molecule has 0 saturated heterocycles. The number of aromatic nitrogens is 2. The number of rotatable bonds is 2. The van der Waals surface area contributed by atoms with Crippen LogP contribution in [0.5, 0.6) is 0 Å². The number of nitrogens with zero attached hydrogens (tertiary/aromatic N) is 3. The lowest BCUT2D eigenvalue weighted by molar-refractivity contribution is -0.136. The highest BCUT2D eigenvalue weighted by Crippen LogP contribution is 2.14. The van der Waals surface area contributed by atoms with Gasteiger partial charge in [0.2, 0.25) is 0 Å². The van der Waals surface area contributed by atoms with Crippen LogP contribution in [0.3, 0.4) is 0 Å². The second-order valence-corrected chi connectivity index (χ2v) is 3.82. The molecular weight excluding hydrogens is 194 g/mol. The summed E-state index contributed by atoms with van der Waals surface area (Å²) >= 11 is 0. The zero-order valence-electron chi connectivity index (χ0n) is 8.60. The Morgan fingerprint density at radius 1 is 1.67 bits per heavy atom. The summed E-state index contributed by atoms with van der Waals surface area (Å²) in [5.41, 5.74) is 2.11. The van der Waals surface area contributed by atoms with Gasteiger partial charge in [-0.15, -0.1) is 0 Å². The van der Waals surface area contributed by atoms with E-state index in [9.17, 15) is 4.79 Å². The third-order valence-electron chi connectivity index (χ3n) is 2.50. The third kappa shape index (κ3) is 2.30. The molecule has 2 heterocycles. The molecule has 0 amide bonds. The van der Waals surface area contributed by atoms with Gasteiger partial charge in [0, 0.05) is 19.3 Å². The van der Waals surface area contributed by atoms with Crippen molar-refractivity contribution < 1.29 is 9.90 Å². The van der Waals surface area contributed by atoms with Gasteiger partial charge in [0.15, 0.2) is 0 Å². The first-order valence-corrected chi connectivity index (χ1v) is 4.89. The van der Waals surface area contributed by atoms with Crippen molar-refractivity contribution in [1.82, 2.24) is 14.9 Å². The first-order chi connectivity index (χ1) is 7.15. The lowest BCUT2D eigenvalue weighted by atomic mass is 10.1. The fraction of sp³-hybridized carbons (Fsp3) is 0.500. The fourth-order valence-corrected chi connectivity index (χ4v) is 1.70. The van der Waals surface area contributed by atoms with Gasteiger partial charge in [-0.2, -0.15) is 0 Å². The number of carbonyl (C=O) groups is 1. The summed E-state index contributed by atoms with van der Waals surface area (Å²) < 4.78 is 0. The predicted molar refractivity (Wildman–Crippen MR) is 53.4 cm³/mol. The van der Waals surface area contributed by atoms with Crippen molar-refractivity contribution in [1.29, 1.82) is 0 Å². The Labute approximate surface area is 87.8 Å². The number of carboxylic acids is 1. The highest BCUT2D eigenvalue weighted by Gasteiger charge is 2.16. The Kier molecular flexibility index (Phi) is 2.64. The van der Waals surface area contributed by atoms with Crippen LogP contribution >= 0.6 is 0 Å². The maximum absolute atomic E-state index is 10.5. The summed E-state index contributed by atoms with van der Waals surface area (Å²) in [5, 5.41) is 8.63. The maximum Gasteiger partial charge on any atom is 0.311 e. The number of hydrogen-bond acceptors (Lipinski definition) is 4. The van der Waals surface area contributed by atoms with Gasteiger partial charge in [0.1, 0.15) is 12.2 Å². The minimum Gasteiger partial charge on any atom is -0.481 e. The van der Waals surface area contributed by atoms with E-state index in [2.05, 4.69) is 14.9 Å². The predicted octanol–water partition coefficient (Wildman–Crippen LogP) is 0.0916. The van der Waals surface area contributed by atoms with Gasteiger partial charge in [-0.05, 0) is 19.0 Å². The van der Waals surface area contributed by atoms with E-state index in [0.29, 0.717) is 5.82 Å². The summed E-state index contributed by atoms with van der Waals surface area (Å²) in [6.07, 6.45) is 2.60. The van der Waals surface area contributed by atoms with E-state index >= 15 is 0 Å². The summed E-state index contributed by atoms with van der Waals surface area (Å²) in [7, 11) is 2.03. The molecule has 1 aromatic rings. The van der Waals surface area contributed by atoms with Crippen molar-refractivity contribution in [2.75, 3.05) is 13.6 Å². The molecule has 1 aliphatic heterocycles. The average Bonchev–Trinajstić information content (AvgIpc) is 2.16. The van der Waals surface area contributed by atoms with Gasteiger partial charge < -0.3 is 10.0 Å². The van der Waals surface area contributed by atoms with E-state index in [0.717, 1.165) is 30.8 Å². The van der Waals surface area contributed by atoms with Gasteiger partial charge in [-0.1, -0.05) is 0 Å². The standard InChI is InChI=1S/C10H13N3O2/c1-13-3-2-7-5-11-9(4-10(14)15)12-8(7)6-13/h5H,2-4,6H2,1H3,(H,14,15). The highest BCUT2D eigenvalue weighted by atomic mass is 16.4. The van der Waals surface area contributed by atoms with Crippen LogP contribution in [0.25, 0.3) is 0 Å². The normalized spacial score (nSPS) is 16.1. The van der Waals surface area contributed by atoms with Crippen molar-refractivity contribution in [3.8, 4) is 0 Å². The molecule has 0 fully saturated rings. The van der Waals surface area contributed by atoms with Gasteiger partial charge in [0.05, 0.1) is 5.69 Å². The van der Waals surface area contributed by atoms with Crippen molar-refractivity contribution in [2.24, 2.45) is 0 Å². The van der Waals surface area contributed by atoms with Crippen molar-refractivity contribution in [3.05, 3.63) is 23.3 Å². The maximum atomic E-state index is 10.5. The Balaban J connectivity index is 2.24. The Bertz CT molecular complexity index is 392. The second-order valence-electron chi connectivity index (χ2n) is 3.82. The van der Waals surface area contributed by atoms with Crippen molar-refractivity contribution in [2.45, 2.75) is 19.4 Å². The molecule has 1 aliphatic rings. The summed E-state index contributed by atoms with van der Waals surface area (Å²) in [6, 6.07) is 0. The first kappa shape index (κ1) is 10.0. The van der Waals surface area contributed by atoms with Crippen molar-refractivity contribution >= 4 is 5.97 Å². The molecule has 0 bridgehead atoms. The Morgan fingerprint density at radius 2 is 2.47 bits per heavy atom. The molecular formula is C10H13N3O2. The molecule has 0 radical (unpaired) electrons. The quantitative estimate of drug-likeness (QED) is 0.744.